The van der Waals surface area contributed by atoms with Crippen molar-refractivity contribution in [2.45, 2.75) is 25.9 Å². The Morgan fingerprint density at radius 1 is 1.35 bits per heavy atom. The van der Waals surface area contributed by atoms with Crippen LogP contribution < -0.4 is 10.9 Å². The largest absolute Gasteiger partial charge is 0.380 e. The molecule has 3 rings (SSSR count). The van der Waals surface area contributed by atoms with Gasteiger partial charge in [0, 0.05) is 43.4 Å². The van der Waals surface area contributed by atoms with Crippen molar-refractivity contribution in [1.29, 1.82) is 0 Å². The summed E-state index contributed by atoms with van der Waals surface area (Å²) in [4.78, 5) is 25.7. The fourth-order valence-corrected chi connectivity index (χ4v) is 3.13. The molecule has 6 heteroatoms. The molecule has 1 amide bonds. The van der Waals surface area contributed by atoms with Crippen LogP contribution in [0, 0.1) is 12.3 Å². The molecular formula is C20H23N3O3. The van der Waals surface area contributed by atoms with E-state index >= 15 is 0 Å². The van der Waals surface area contributed by atoms with E-state index < -0.39 is 0 Å². The van der Waals surface area contributed by atoms with Crippen molar-refractivity contribution in [2.75, 3.05) is 31.6 Å². The van der Waals surface area contributed by atoms with Crippen LogP contribution in [0.3, 0.4) is 0 Å². The van der Waals surface area contributed by atoms with E-state index in [1.54, 1.807) is 15.5 Å². The third-order valence-corrected chi connectivity index (χ3v) is 4.48. The number of hydrogen-bond donors (Lipinski definition) is 1. The molecule has 0 bridgehead atoms. The first kappa shape index (κ1) is 18.0. The molecule has 0 atom stereocenters. The summed E-state index contributed by atoms with van der Waals surface area (Å²) in [6.07, 6.45) is 6.09. The van der Waals surface area contributed by atoms with Gasteiger partial charge in [-0.1, -0.05) is 25.1 Å². The van der Waals surface area contributed by atoms with E-state index in [0.29, 0.717) is 32.8 Å². The molecule has 1 saturated heterocycles. The highest BCUT2D eigenvalue weighted by Gasteiger charge is 2.30. The molecule has 0 spiro atoms. The summed E-state index contributed by atoms with van der Waals surface area (Å²) >= 11 is 0. The third-order valence-electron chi connectivity index (χ3n) is 4.48. The van der Waals surface area contributed by atoms with Gasteiger partial charge in [0.1, 0.15) is 0 Å². The molecule has 1 aromatic carbocycles. The van der Waals surface area contributed by atoms with Crippen LogP contribution in [0.2, 0.25) is 0 Å². The van der Waals surface area contributed by atoms with Gasteiger partial charge in [0.15, 0.2) is 0 Å². The quantitative estimate of drug-likeness (QED) is 0.608. The molecule has 1 N–H and O–H groups in total. The van der Waals surface area contributed by atoms with Gasteiger partial charge in [0.05, 0.1) is 18.2 Å². The van der Waals surface area contributed by atoms with Crippen molar-refractivity contribution in [3.8, 4) is 12.3 Å². The predicted octanol–water partition coefficient (Wildman–Crippen LogP) is 1.68. The van der Waals surface area contributed by atoms with E-state index in [9.17, 15) is 9.59 Å². The number of carbonyl (C=O) groups excluding carboxylic acids is 1. The zero-order chi connectivity index (χ0) is 18.5. The highest BCUT2D eigenvalue weighted by Crippen LogP contribution is 2.24. The Balaban J connectivity index is 1.79. The van der Waals surface area contributed by atoms with Crippen LogP contribution in [-0.2, 0) is 16.1 Å². The number of ether oxygens (including phenoxy) is 1. The number of pyridine rings is 1. The third kappa shape index (κ3) is 3.73. The Hall–Kier alpha value is -2.78. The van der Waals surface area contributed by atoms with Gasteiger partial charge in [0.25, 0.3) is 11.5 Å². The van der Waals surface area contributed by atoms with Crippen LogP contribution in [0.25, 0.3) is 10.9 Å². The lowest BCUT2D eigenvalue weighted by Crippen LogP contribution is -2.56. The number of likely N-dealkylation sites (tertiary alicyclic amines) is 1. The van der Waals surface area contributed by atoms with Crippen LogP contribution in [-0.4, -0.2) is 47.7 Å². The smallest absolute Gasteiger partial charge is 0.298 e. The first-order valence-electron chi connectivity index (χ1n) is 8.86. The van der Waals surface area contributed by atoms with Gasteiger partial charge in [-0.15, -0.1) is 6.42 Å². The summed E-state index contributed by atoms with van der Waals surface area (Å²) in [7, 11) is 0. The van der Waals surface area contributed by atoms with Crippen LogP contribution in [0.4, 0.5) is 5.69 Å². The van der Waals surface area contributed by atoms with Crippen molar-refractivity contribution in [3.05, 3.63) is 40.7 Å². The van der Waals surface area contributed by atoms with Crippen LogP contribution in [0.1, 0.15) is 13.3 Å². The molecule has 0 radical (unpaired) electrons. The Bertz CT molecular complexity index is 891. The zero-order valence-electron chi connectivity index (χ0n) is 14.9. The summed E-state index contributed by atoms with van der Waals surface area (Å²) in [6, 6.07) is 9.52. The van der Waals surface area contributed by atoms with Gasteiger partial charge >= 0.3 is 0 Å². The number of amides is 1. The van der Waals surface area contributed by atoms with Crippen LogP contribution in [0.15, 0.2) is 35.1 Å². The molecule has 2 aromatic rings. The number of fused-ring (bicyclic) bond motifs is 1. The summed E-state index contributed by atoms with van der Waals surface area (Å²) in [5.74, 6) is 1.82. The molecule has 0 saturated carbocycles. The molecule has 26 heavy (non-hydrogen) atoms. The maximum absolute atomic E-state index is 12.6. The molecule has 1 aliphatic rings. The second kappa shape index (κ2) is 8.07. The van der Waals surface area contributed by atoms with Gasteiger partial charge in [0.2, 0.25) is 0 Å². The first-order valence-corrected chi connectivity index (χ1v) is 8.86. The minimum Gasteiger partial charge on any atom is -0.380 e. The van der Waals surface area contributed by atoms with E-state index in [1.807, 2.05) is 24.3 Å². The molecule has 0 aliphatic carbocycles. The number of hydrogen-bond acceptors (Lipinski definition) is 4. The van der Waals surface area contributed by atoms with E-state index in [-0.39, 0.29) is 17.5 Å². The summed E-state index contributed by atoms with van der Waals surface area (Å²) in [5, 5.41) is 4.34. The number of aromatic nitrogens is 1. The van der Waals surface area contributed by atoms with Gasteiger partial charge in [-0.05, 0) is 18.4 Å². The van der Waals surface area contributed by atoms with Gasteiger partial charge < -0.3 is 19.5 Å². The average Bonchev–Trinajstić information content (AvgIpc) is 2.62. The molecule has 1 aromatic heterocycles. The van der Waals surface area contributed by atoms with Gasteiger partial charge in [-0.25, -0.2) is 0 Å². The molecule has 136 valence electrons. The van der Waals surface area contributed by atoms with E-state index in [1.165, 1.54) is 0 Å². The van der Waals surface area contributed by atoms with Crippen molar-refractivity contribution in [2.24, 2.45) is 0 Å². The summed E-state index contributed by atoms with van der Waals surface area (Å²) in [6.45, 7) is 4.88. The number of nitrogens with zero attached hydrogens (tertiary/aromatic N) is 2. The highest BCUT2D eigenvalue weighted by atomic mass is 16.5. The standard InChI is InChI=1S/C20H23N3O3/c1-3-10-26-11-9-23-18-8-6-5-7-16(18)17(12-20(23)25)21-15-13-22(14-15)19(24)4-2/h2,5-8,12,15,21H,3,9-11,13-14H2,1H3. The van der Waals surface area contributed by atoms with Crippen LogP contribution in [0.5, 0.6) is 0 Å². The normalized spacial score (nSPS) is 14.1. The fourth-order valence-electron chi connectivity index (χ4n) is 3.13. The second-order valence-electron chi connectivity index (χ2n) is 6.37. The number of anilines is 1. The van der Waals surface area contributed by atoms with Gasteiger partial charge in [-0.2, -0.15) is 0 Å². The fraction of sp³-hybridized carbons (Fsp3) is 0.400. The molecule has 2 heterocycles. The maximum atomic E-state index is 12.6. The molecule has 0 unspecified atom stereocenters. The van der Waals surface area contributed by atoms with Crippen molar-refractivity contribution >= 4 is 22.5 Å². The second-order valence-corrected chi connectivity index (χ2v) is 6.37. The first-order chi connectivity index (χ1) is 12.6. The number of para-hydroxylation sites is 1. The number of terminal acetylenes is 1. The van der Waals surface area contributed by atoms with Crippen molar-refractivity contribution in [1.82, 2.24) is 9.47 Å². The number of rotatable bonds is 7. The molecular weight excluding hydrogens is 330 g/mol. The lowest BCUT2D eigenvalue weighted by molar-refractivity contribution is -0.128. The number of carbonyl (C=O) groups is 1. The molecule has 1 fully saturated rings. The molecule has 1 aliphatic heterocycles. The lowest BCUT2D eigenvalue weighted by Gasteiger charge is -2.39. The van der Waals surface area contributed by atoms with Crippen molar-refractivity contribution < 1.29 is 9.53 Å². The maximum Gasteiger partial charge on any atom is 0.298 e. The predicted molar refractivity (Wildman–Crippen MR) is 102 cm³/mol. The van der Waals surface area contributed by atoms with Crippen molar-refractivity contribution in [3.63, 3.8) is 0 Å². The SMILES string of the molecule is C#CC(=O)N1CC(Nc2cc(=O)n(CCOCCC)c3ccccc23)C1. The Labute approximate surface area is 152 Å². The Morgan fingerprint density at radius 2 is 2.12 bits per heavy atom. The topological polar surface area (TPSA) is 63.6 Å². The summed E-state index contributed by atoms with van der Waals surface area (Å²) in [5.41, 5.74) is 1.59. The van der Waals surface area contributed by atoms with E-state index in [4.69, 9.17) is 11.2 Å². The Morgan fingerprint density at radius 3 is 2.85 bits per heavy atom. The van der Waals surface area contributed by atoms with Crippen LogP contribution >= 0.6 is 0 Å². The van der Waals surface area contributed by atoms with E-state index in [0.717, 1.165) is 23.0 Å². The zero-order valence-corrected chi connectivity index (χ0v) is 14.9. The minimum absolute atomic E-state index is 0.0674. The van der Waals surface area contributed by atoms with E-state index in [2.05, 4.69) is 18.2 Å². The monoisotopic (exact) mass is 353 g/mol. The highest BCUT2D eigenvalue weighted by molar-refractivity contribution is 5.94. The minimum atomic E-state index is -0.296. The number of benzene rings is 1. The summed E-state index contributed by atoms with van der Waals surface area (Å²) < 4.78 is 7.27. The van der Waals surface area contributed by atoms with Gasteiger partial charge in [-0.3, -0.25) is 9.59 Å². The molecule has 6 nitrogen and oxygen atoms in total. The lowest BCUT2D eigenvalue weighted by atomic mass is 10.1. The Kier molecular flexibility index (Phi) is 5.59. The average molecular weight is 353 g/mol. The number of nitrogens with one attached hydrogen (secondary N) is 1.